The Labute approximate surface area is 124 Å². The average Bonchev–Trinajstić information content (AvgIpc) is 2.94. The number of carbonyl (C=O) groups is 2. The summed E-state index contributed by atoms with van der Waals surface area (Å²) in [7, 11) is 0. The molecule has 21 heavy (non-hydrogen) atoms. The average molecular weight is 291 g/mol. The first-order valence-electron chi connectivity index (χ1n) is 7.22. The Morgan fingerprint density at radius 2 is 1.95 bits per heavy atom. The van der Waals surface area contributed by atoms with Crippen molar-refractivity contribution in [3.05, 3.63) is 35.4 Å². The quantitative estimate of drug-likeness (QED) is 0.900. The van der Waals surface area contributed by atoms with Crippen molar-refractivity contribution in [3.63, 3.8) is 0 Å². The van der Waals surface area contributed by atoms with E-state index < -0.39 is 17.9 Å². The van der Waals surface area contributed by atoms with E-state index in [1.165, 1.54) is 0 Å². The largest absolute Gasteiger partial charge is 0.481 e. The SMILES string of the molecule is CCCN(C(=O)c1ccc(C)cc1)C1COCC1C(=O)O. The van der Waals surface area contributed by atoms with E-state index in [0.29, 0.717) is 12.1 Å². The highest BCUT2D eigenvalue weighted by Crippen LogP contribution is 2.22. The number of nitrogens with zero attached hydrogens (tertiary/aromatic N) is 1. The molecule has 2 unspecified atom stereocenters. The molecule has 1 saturated heterocycles. The molecule has 2 rings (SSSR count). The molecule has 1 aromatic rings. The topological polar surface area (TPSA) is 66.8 Å². The lowest BCUT2D eigenvalue weighted by atomic mass is 10.0. The second kappa shape index (κ2) is 6.72. The standard InChI is InChI=1S/C16H21NO4/c1-3-8-17(14-10-21-9-13(14)16(19)20)15(18)12-6-4-11(2)5-7-12/h4-7,13-14H,3,8-10H2,1-2H3,(H,19,20). The van der Waals surface area contributed by atoms with Crippen molar-refractivity contribution in [1.82, 2.24) is 4.90 Å². The highest BCUT2D eigenvalue weighted by Gasteiger charge is 2.39. The van der Waals surface area contributed by atoms with Crippen molar-refractivity contribution in [2.75, 3.05) is 19.8 Å². The van der Waals surface area contributed by atoms with Gasteiger partial charge in [-0.25, -0.2) is 0 Å². The second-order valence-corrected chi connectivity index (χ2v) is 5.41. The number of aryl methyl sites for hydroxylation is 1. The third kappa shape index (κ3) is 3.42. The summed E-state index contributed by atoms with van der Waals surface area (Å²) in [6, 6.07) is 6.95. The minimum absolute atomic E-state index is 0.126. The number of amides is 1. The minimum atomic E-state index is -0.907. The Hall–Kier alpha value is -1.88. The summed E-state index contributed by atoms with van der Waals surface area (Å²) in [6.07, 6.45) is 0.778. The van der Waals surface area contributed by atoms with Crippen LogP contribution in [0.4, 0.5) is 0 Å². The van der Waals surface area contributed by atoms with E-state index in [-0.39, 0.29) is 19.1 Å². The van der Waals surface area contributed by atoms with E-state index in [9.17, 15) is 14.7 Å². The normalized spacial score (nSPS) is 21.2. The number of carbonyl (C=O) groups excluding carboxylic acids is 1. The van der Waals surface area contributed by atoms with Crippen LogP contribution in [-0.4, -0.2) is 47.7 Å². The van der Waals surface area contributed by atoms with E-state index in [0.717, 1.165) is 12.0 Å². The summed E-state index contributed by atoms with van der Waals surface area (Å²) in [5, 5.41) is 9.27. The first kappa shape index (κ1) is 15.5. The van der Waals surface area contributed by atoms with Gasteiger partial charge in [-0.1, -0.05) is 24.6 Å². The van der Waals surface area contributed by atoms with E-state index in [2.05, 4.69) is 0 Å². The molecular formula is C16H21NO4. The summed E-state index contributed by atoms with van der Waals surface area (Å²) in [4.78, 5) is 25.6. The van der Waals surface area contributed by atoms with Gasteiger partial charge in [0.25, 0.3) is 5.91 Å². The Kier molecular flexibility index (Phi) is 4.96. The zero-order valence-corrected chi connectivity index (χ0v) is 12.4. The number of rotatable bonds is 5. The Morgan fingerprint density at radius 3 is 2.52 bits per heavy atom. The smallest absolute Gasteiger partial charge is 0.311 e. The maximum absolute atomic E-state index is 12.7. The van der Waals surface area contributed by atoms with Crippen LogP contribution >= 0.6 is 0 Å². The summed E-state index contributed by atoms with van der Waals surface area (Å²) < 4.78 is 5.29. The van der Waals surface area contributed by atoms with Crippen LogP contribution in [0.1, 0.15) is 29.3 Å². The van der Waals surface area contributed by atoms with Crippen LogP contribution in [0.5, 0.6) is 0 Å². The van der Waals surface area contributed by atoms with Crippen LogP contribution in [-0.2, 0) is 9.53 Å². The maximum atomic E-state index is 12.7. The molecule has 1 heterocycles. The highest BCUT2D eigenvalue weighted by molar-refractivity contribution is 5.94. The zero-order valence-electron chi connectivity index (χ0n) is 12.4. The molecule has 0 saturated carbocycles. The third-order valence-corrected chi connectivity index (χ3v) is 3.79. The molecule has 1 fully saturated rings. The summed E-state index contributed by atoms with van der Waals surface area (Å²) in [6.45, 7) is 4.92. The molecule has 1 aliphatic rings. The fraction of sp³-hybridized carbons (Fsp3) is 0.500. The molecule has 1 aromatic carbocycles. The van der Waals surface area contributed by atoms with E-state index >= 15 is 0 Å². The van der Waals surface area contributed by atoms with Gasteiger partial charge in [-0.3, -0.25) is 9.59 Å². The van der Waals surface area contributed by atoms with E-state index in [1.807, 2.05) is 26.0 Å². The number of carboxylic acids is 1. The van der Waals surface area contributed by atoms with Gasteiger partial charge in [-0.2, -0.15) is 0 Å². The van der Waals surface area contributed by atoms with Crippen LogP contribution in [0.25, 0.3) is 0 Å². The van der Waals surface area contributed by atoms with Gasteiger partial charge in [0.15, 0.2) is 0 Å². The molecule has 0 aromatic heterocycles. The Balaban J connectivity index is 2.23. The Bertz CT molecular complexity index is 512. The van der Waals surface area contributed by atoms with Crippen molar-refractivity contribution >= 4 is 11.9 Å². The van der Waals surface area contributed by atoms with Gasteiger partial charge in [0.2, 0.25) is 0 Å². The molecule has 0 spiro atoms. The van der Waals surface area contributed by atoms with Crippen molar-refractivity contribution < 1.29 is 19.4 Å². The van der Waals surface area contributed by atoms with Gasteiger partial charge in [0.05, 0.1) is 19.3 Å². The fourth-order valence-corrected chi connectivity index (χ4v) is 2.61. The van der Waals surface area contributed by atoms with Crippen molar-refractivity contribution in [2.45, 2.75) is 26.3 Å². The van der Waals surface area contributed by atoms with Crippen LogP contribution in [0.3, 0.4) is 0 Å². The predicted octanol–water partition coefficient (Wildman–Crippen LogP) is 1.95. The van der Waals surface area contributed by atoms with Gasteiger partial charge >= 0.3 is 5.97 Å². The molecule has 2 atom stereocenters. The lowest BCUT2D eigenvalue weighted by Gasteiger charge is -2.30. The zero-order chi connectivity index (χ0) is 15.4. The van der Waals surface area contributed by atoms with Crippen LogP contribution in [0.15, 0.2) is 24.3 Å². The molecule has 114 valence electrons. The van der Waals surface area contributed by atoms with Crippen molar-refractivity contribution in [3.8, 4) is 0 Å². The van der Waals surface area contributed by atoms with E-state index in [1.54, 1.807) is 17.0 Å². The molecule has 1 aliphatic heterocycles. The number of benzene rings is 1. The minimum Gasteiger partial charge on any atom is -0.481 e. The summed E-state index contributed by atoms with van der Waals surface area (Å²) in [5.74, 6) is -1.68. The molecule has 5 heteroatoms. The number of ether oxygens (including phenoxy) is 1. The number of aliphatic carboxylic acids is 1. The van der Waals surface area contributed by atoms with Crippen molar-refractivity contribution in [1.29, 1.82) is 0 Å². The molecule has 1 amide bonds. The first-order chi connectivity index (χ1) is 10.0. The fourth-order valence-electron chi connectivity index (χ4n) is 2.61. The molecule has 0 bridgehead atoms. The predicted molar refractivity (Wildman–Crippen MR) is 78.2 cm³/mol. The second-order valence-electron chi connectivity index (χ2n) is 5.41. The molecule has 0 aliphatic carbocycles. The lowest BCUT2D eigenvalue weighted by Crippen LogP contribution is -2.47. The highest BCUT2D eigenvalue weighted by atomic mass is 16.5. The van der Waals surface area contributed by atoms with Gasteiger partial charge in [0, 0.05) is 12.1 Å². The van der Waals surface area contributed by atoms with Crippen LogP contribution < -0.4 is 0 Å². The molecule has 1 N–H and O–H groups in total. The maximum Gasteiger partial charge on any atom is 0.311 e. The van der Waals surface area contributed by atoms with Gasteiger partial charge in [-0.05, 0) is 25.5 Å². The molecule has 5 nitrogen and oxygen atoms in total. The van der Waals surface area contributed by atoms with Gasteiger partial charge in [0.1, 0.15) is 5.92 Å². The summed E-state index contributed by atoms with van der Waals surface area (Å²) in [5.41, 5.74) is 1.67. The van der Waals surface area contributed by atoms with Gasteiger partial charge in [-0.15, -0.1) is 0 Å². The number of carboxylic acid groups (broad SMARTS) is 1. The van der Waals surface area contributed by atoms with Crippen molar-refractivity contribution in [2.24, 2.45) is 5.92 Å². The van der Waals surface area contributed by atoms with E-state index in [4.69, 9.17) is 4.74 Å². The molecule has 0 radical (unpaired) electrons. The summed E-state index contributed by atoms with van der Waals surface area (Å²) >= 11 is 0. The number of hydrogen-bond donors (Lipinski definition) is 1. The Morgan fingerprint density at radius 1 is 1.29 bits per heavy atom. The first-order valence-corrected chi connectivity index (χ1v) is 7.22. The van der Waals surface area contributed by atoms with Crippen LogP contribution in [0, 0.1) is 12.8 Å². The third-order valence-electron chi connectivity index (χ3n) is 3.79. The number of hydrogen-bond acceptors (Lipinski definition) is 3. The van der Waals surface area contributed by atoms with Crippen LogP contribution in [0.2, 0.25) is 0 Å². The van der Waals surface area contributed by atoms with Gasteiger partial charge < -0.3 is 14.7 Å². The monoisotopic (exact) mass is 291 g/mol. The lowest BCUT2D eigenvalue weighted by molar-refractivity contribution is -0.142. The molecular weight excluding hydrogens is 270 g/mol.